The summed E-state index contributed by atoms with van der Waals surface area (Å²) >= 11 is 0. The highest BCUT2D eigenvalue weighted by Crippen LogP contribution is 2.33. The molecule has 1 atom stereocenters. The number of pyridine rings is 1. The predicted molar refractivity (Wildman–Crippen MR) is 141 cm³/mol. The quantitative estimate of drug-likeness (QED) is 0.592. The summed E-state index contributed by atoms with van der Waals surface area (Å²) in [5.74, 6) is 1.29. The van der Waals surface area contributed by atoms with Crippen LogP contribution in [0.25, 0.3) is 11.0 Å². The zero-order valence-corrected chi connectivity index (χ0v) is 21.9. The Morgan fingerprint density at radius 3 is 2.69 bits per heavy atom. The summed E-state index contributed by atoms with van der Waals surface area (Å²) in [5, 5.41) is 11.8. The number of rotatable bonds is 5. The summed E-state index contributed by atoms with van der Waals surface area (Å²) in [5.41, 5.74) is 1.10. The summed E-state index contributed by atoms with van der Waals surface area (Å²) in [6.45, 7) is 13.0. The van der Waals surface area contributed by atoms with Gasteiger partial charge in [0, 0.05) is 49.2 Å². The minimum Gasteiger partial charge on any atom is -0.444 e. The highest BCUT2D eigenvalue weighted by molar-refractivity contribution is 5.95. The molecule has 4 rings (SSSR count). The van der Waals surface area contributed by atoms with Crippen LogP contribution in [0.4, 0.5) is 16.6 Å². The van der Waals surface area contributed by atoms with E-state index in [2.05, 4.69) is 20.2 Å². The second-order valence-corrected chi connectivity index (χ2v) is 10.9. The van der Waals surface area contributed by atoms with Crippen LogP contribution < -0.4 is 10.2 Å². The van der Waals surface area contributed by atoms with Crippen molar-refractivity contribution in [2.24, 2.45) is 5.92 Å². The number of piperidine rings is 1. The van der Waals surface area contributed by atoms with Crippen molar-refractivity contribution in [1.82, 2.24) is 19.9 Å². The average Bonchev–Trinajstić information content (AvgIpc) is 2.82. The normalized spacial score (nSPS) is 20.5. The fourth-order valence-corrected chi connectivity index (χ4v) is 4.68. The maximum Gasteiger partial charge on any atom is 0.410 e. The molecule has 1 unspecified atom stereocenters. The number of amides is 1. The van der Waals surface area contributed by atoms with Gasteiger partial charge in [-0.3, -0.25) is 4.98 Å². The average molecular weight is 496 g/mol. The highest BCUT2D eigenvalue weighted by atomic mass is 16.6. The van der Waals surface area contributed by atoms with Gasteiger partial charge in [0.25, 0.3) is 0 Å². The molecular formula is C26H37N7O3. The van der Waals surface area contributed by atoms with Gasteiger partial charge in [0.2, 0.25) is 5.95 Å². The molecule has 2 N–H and O–H groups in total. The lowest BCUT2D eigenvalue weighted by Crippen LogP contribution is -2.54. The first-order chi connectivity index (χ1) is 17.0. The Morgan fingerprint density at radius 2 is 2.00 bits per heavy atom. The number of aromatic nitrogens is 3. The maximum atomic E-state index is 12.7. The molecule has 10 nitrogen and oxygen atoms in total. The van der Waals surface area contributed by atoms with Crippen LogP contribution in [0.15, 0.2) is 30.6 Å². The number of carbonyl (C=O) groups is 1. The molecule has 194 valence electrons. The van der Waals surface area contributed by atoms with Gasteiger partial charge < -0.3 is 30.0 Å². The lowest BCUT2D eigenvalue weighted by atomic mass is 9.80. The van der Waals surface area contributed by atoms with Crippen LogP contribution in [-0.2, 0) is 9.47 Å². The zero-order chi connectivity index (χ0) is 25.9. The van der Waals surface area contributed by atoms with E-state index in [1.54, 1.807) is 23.4 Å². The number of fused-ring (bicyclic) bond motifs is 1. The molecule has 1 amide bonds. The molecular weight excluding hydrogens is 458 g/mol. The lowest BCUT2D eigenvalue weighted by molar-refractivity contribution is -0.0101. The number of hydrogen-bond acceptors (Lipinski definition) is 9. The SMILES string of the molecule is CC(C)(C)OC(=O)N1CCC(C(=N)/C=C\Nc2nc(N3CCOCC3)c3ncccc3n2)CC1(C)C. The highest BCUT2D eigenvalue weighted by Gasteiger charge is 2.40. The van der Waals surface area contributed by atoms with Crippen molar-refractivity contribution in [2.75, 3.05) is 43.1 Å². The van der Waals surface area contributed by atoms with E-state index in [0.717, 1.165) is 29.9 Å². The number of ether oxygens (including phenoxy) is 2. The predicted octanol–water partition coefficient (Wildman–Crippen LogP) is 4.23. The molecule has 0 aliphatic carbocycles. The van der Waals surface area contributed by atoms with E-state index in [0.29, 0.717) is 44.3 Å². The van der Waals surface area contributed by atoms with Gasteiger partial charge in [0.1, 0.15) is 11.1 Å². The Labute approximate surface area is 212 Å². The van der Waals surface area contributed by atoms with Crippen LogP contribution in [0.5, 0.6) is 0 Å². The first-order valence-electron chi connectivity index (χ1n) is 12.5. The van der Waals surface area contributed by atoms with Crippen molar-refractivity contribution in [3.8, 4) is 0 Å². The fourth-order valence-electron chi connectivity index (χ4n) is 4.68. The zero-order valence-electron chi connectivity index (χ0n) is 21.9. The molecule has 2 aliphatic heterocycles. The third-order valence-corrected chi connectivity index (χ3v) is 6.45. The Bertz CT molecular complexity index is 1140. The van der Waals surface area contributed by atoms with Gasteiger partial charge in [-0.25, -0.2) is 9.78 Å². The standard InChI is InChI=1S/C26H37N7O3/c1-25(2,3)36-24(34)33-12-9-18(17-26(33,4)5)19(27)8-11-29-23-30-20-7-6-10-28-21(20)22(31-23)32-13-15-35-16-14-32/h6-8,10-11,18,27H,9,12-17H2,1-5H3,(H,29,30,31)/b11-8-,27-19?. The van der Waals surface area contributed by atoms with Crippen LogP contribution in [0.3, 0.4) is 0 Å². The van der Waals surface area contributed by atoms with Crippen LogP contribution in [-0.4, -0.2) is 75.6 Å². The van der Waals surface area contributed by atoms with Gasteiger partial charge in [-0.15, -0.1) is 0 Å². The molecule has 2 fully saturated rings. The van der Waals surface area contributed by atoms with Crippen LogP contribution >= 0.6 is 0 Å². The molecule has 0 spiro atoms. The molecule has 2 saturated heterocycles. The maximum absolute atomic E-state index is 12.7. The van der Waals surface area contributed by atoms with Crippen molar-refractivity contribution in [1.29, 1.82) is 5.41 Å². The summed E-state index contributed by atoms with van der Waals surface area (Å²) in [6, 6.07) is 3.78. The summed E-state index contributed by atoms with van der Waals surface area (Å²) in [7, 11) is 0. The molecule has 0 saturated carbocycles. The number of hydrogen-bond donors (Lipinski definition) is 2. The first-order valence-corrected chi connectivity index (χ1v) is 12.5. The van der Waals surface area contributed by atoms with Gasteiger partial charge in [0.15, 0.2) is 5.82 Å². The molecule has 10 heteroatoms. The molecule has 4 heterocycles. The third-order valence-electron chi connectivity index (χ3n) is 6.45. The second-order valence-electron chi connectivity index (χ2n) is 10.9. The van der Waals surface area contributed by atoms with Crippen molar-refractivity contribution >= 4 is 34.6 Å². The van der Waals surface area contributed by atoms with E-state index in [9.17, 15) is 4.79 Å². The number of anilines is 2. The number of likely N-dealkylation sites (tertiary alicyclic amines) is 1. The molecule has 0 aromatic carbocycles. The third kappa shape index (κ3) is 6.10. The van der Waals surface area contributed by atoms with Gasteiger partial charge in [-0.1, -0.05) is 0 Å². The van der Waals surface area contributed by atoms with Crippen molar-refractivity contribution in [3.63, 3.8) is 0 Å². The minimum absolute atomic E-state index is 0.0439. The largest absolute Gasteiger partial charge is 0.444 e. The number of nitrogens with one attached hydrogen (secondary N) is 2. The van der Waals surface area contributed by atoms with Gasteiger partial charge in [-0.2, -0.15) is 4.98 Å². The van der Waals surface area contributed by atoms with Gasteiger partial charge in [0.05, 0.1) is 18.7 Å². The Kier molecular flexibility index (Phi) is 7.44. The van der Waals surface area contributed by atoms with E-state index < -0.39 is 11.1 Å². The number of morpholine rings is 1. The van der Waals surface area contributed by atoms with Crippen LogP contribution in [0, 0.1) is 11.3 Å². The molecule has 36 heavy (non-hydrogen) atoms. The fraction of sp³-hybridized carbons (Fsp3) is 0.577. The lowest BCUT2D eigenvalue weighted by Gasteiger charge is -2.45. The van der Waals surface area contributed by atoms with Crippen molar-refractivity contribution in [3.05, 3.63) is 30.6 Å². The molecule has 2 aromatic heterocycles. The van der Waals surface area contributed by atoms with E-state index in [1.807, 2.05) is 46.8 Å². The van der Waals surface area contributed by atoms with E-state index in [-0.39, 0.29) is 12.0 Å². The van der Waals surface area contributed by atoms with Gasteiger partial charge >= 0.3 is 6.09 Å². The molecule has 0 bridgehead atoms. The minimum atomic E-state index is -0.534. The van der Waals surface area contributed by atoms with Crippen LogP contribution in [0.2, 0.25) is 0 Å². The summed E-state index contributed by atoms with van der Waals surface area (Å²) in [4.78, 5) is 30.4. The monoisotopic (exact) mass is 495 g/mol. The number of nitrogens with zero attached hydrogens (tertiary/aromatic N) is 5. The Hall–Kier alpha value is -3.27. The second kappa shape index (κ2) is 10.4. The Morgan fingerprint density at radius 1 is 1.25 bits per heavy atom. The van der Waals surface area contributed by atoms with Crippen molar-refractivity contribution in [2.45, 2.75) is 58.6 Å². The number of carbonyl (C=O) groups excluding carboxylic acids is 1. The topological polar surface area (TPSA) is 117 Å². The van der Waals surface area contributed by atoms with E-state index >= 15 is 0 Å². The number of allylic oxidation sites excluding steroid dienone is 1. The van der Waals surface area contributed by atoms with Crippen molar-refractivity contribution < 1.29 is 14.3 Å². The molecule has 2 aliphatic rings. The first kappa shape index (κ1) is 25.8. The molecule has 2 aromatic rings. The smallest absolute Gasteiger partial charge is 0.410 e. The van der Waals surface area contributed by atoms with Gasteiger partial charge in [-0.05, 0) is 65.7 Å². The summed E-state index contributed by atoms with van der Waals surface area (Å²) < 4.78 is 11.1. The van der Waals surface area contributed by atoms with E-state index in [4.69, 9.17) is 19.9 Å². The molecule has 0 radical (unpaired) electrons. The van der Waals surface area contributed by atoms with E-state index in [1.165, 1.54) is 0 Å². The van der Waals surface area contributed by atoms with Crippen LogP contribution in [0.1, 0.15) is 47.5 Å². The summed E-state index contributed by atoms with van der Waals surface area (Å²) in [6.07, 6.45) is 6.33. The Balaban J connectivity index is 1.42.